The van der Waals surface area contributed by atoms with Crippen LogP contribution < -0.4 is 0 Å². The minimum absolute atomic E-state index is 0.000469. The van der Waals surface area contributed by atoms with Gasteiger partial charge in [0.1, 0.15) is 0 Å². The molecular weight excluding hydrogens is 192 g/mol. The lowest BCUT2D eigenvalue weighted by molar-refractivity contribution is -0.141. The van der Waals surface area contributed by atoms with Gasteiger partial charge < -0.3 is 9.80 Å². The molecule has 0 aromatic carbocycles. The number of amides is 2. The van der Waals surface area contributed by atoms with Crippen LogP contribution in [0.2, 0.25) is 0 Å². The first-order valence-corrected chi connectivity index (χ1v) is 5.28. The SMILES string of the molecule is CC(C)C(=O)N(C)CC(=O)N(C)C(C)C. The molecular formula is C11H22N2O2. The Morgan fingerprint density at radius 3 is 1.87 bits per heavy atom. The largest absolute Gasteiger partial charge is 0.342 e. The second kappa shape index (κ2) is 5.73. The van der Waals surface area contributed by atoms with Crippen LogP contribution in [0, 0.1) is 5.92 Å². The Morgan fingerprint density at radius 1 is 1.07 bits per heavy atom. The average Bonchev–Trinajstić information content (AvgIpc) is 2.14. The first-order valence-electron chi connectivity index (χ1n) is 5.28. The number of carbonyl (C=O) groups is 2. The van der Waals surface area contributed by atoms with Crippen LogP contribution in [0.1, 0.15) is 27.7 Å². The van der Waals surface area contributed by atoms with Gasteiger partial charge in [-0.3, -0.25) is 9.59 Å². The maximum atomic E-state index is 11.7. The van der Waals surface area contributed by atoms with Crippen molar-refractivity contribution >= 4 is 11.8 Å². The van der Waals surface area contributed by atoms with Crippen LogP contribution in [0.3, 0.4) is 0 Å². The van der Waals surface area contributed by atoms with Gasteiger partial charge in [0.2, 0.25) is 11.8 Å². The minimum atomic E-state index is -0.0628. The zero-order valence-corrected chi connectivity index (χ0v) is 10.6. The van der Waals surface area contributed by atoms with Gasteiger partial charge in [0.05, 0.1) is 6.54 Å². The molecule has 0 fully saturated rings. The molecule has 0 unspecified atom stereocenters. The molecule has 0 aliphatic carbocycles. The molecule has 0 spiro atoms. The number of carbonyl (C=O) groups excluding carboxylic acids is 2. The van der Waals surface area contributed by atoms with Crippen LogP contribution in [0.5, 0.6) is 0 Å². The van der Waals surface area contributed by atoms with Gasteiger partial charge in [-0.1, -0.05) is 13.8 Å². The van der Waals surface area contributed by atoms with Crippen LogP contribution in [0.25, 0.3) is 0 Å². The number of hydrogen-bond donors (Lipinski definition) is 0. The second-order valence-corrected chi connectivity index (χ2v) is 4.45. The predicted molar refractivity (Wildman–Crippen MR) is 60.4 cm³/mol. The lowest BCUT2D eigenvalue weighted by Crippen LogP contribution is -2.43. The van der Waals surface area contributed by atoms with Gasteiger partial charge in [0.15, 0.2) is 0 Å². The lowest BCUT2D eigenvalue weighted by atomic mass is 10.2. The topological polar surface area (TPSA) is 40.6 Å². The summed E-state index contributed by atoms with van der Waals surface area (Å²) in [5, 5.41) is 0. The fourth-order valence-electron chi connectivity index (χ4n) is 1.12. The van der Waals surface area contributed by atoms with E-state index >= 15 is 0 Å². The summed E-state index contributed by atoms with van der Waals surface area (Å²) in [7, 11) is 3.41. The van der Waals surface area contributed by atoms with Crippen LogP contribution in [0.4, 0.5) is 0 Å². The molecule has 0 saturated heterocycles. The highest BCUT2D eigenvalue weighted by atomic mass is 16.2. The van der Waals surface area contributed by atoms with E-state index in [0.29, 0.717) is 0 Å². The number of rotatable bonds is 4. The van der Waals surface area contributed by atoms with Crippen molar-refractivity contribution in [3.05, 3.63) is 0 Å². The van der Waals surface area contributed by atoms with Crippen LogP contribution >= 0.6 is 0 Å². The highest BCUT2D eigenvalue weighted by Gasteiger charge is 2.19. The normalized spacial score (nSPS) is 10.7. The summed E-state index contributed by atoms with van der Waals surface area (Å²) in [6, 6.07) is 0.167. The van der Waals surface area contributed by atoms with Crippen LogP contribution in [-0.4, -0.2) is 48.3 Å². The third-order valence-electron chi connectivity index (χ3n) is 2.41. The van der Waals surface area contributed by atoms with Gasteiger partial charge in [0, 0.05) is 26.1 Å². The number of hydrogen-bond acceptors (Lipinski definition) is 2. The standard InChI is InChI=1S/C11H22N2O2/c1-8(2)11(15)12(5)7-10(14)13(6)9(3)4/h8-9H,7H2,1-6H3. The number of nitrogens with zero attached hydrogens (tertiary/aromatic N) is 2. The maximum Gasteiger partial charge on any atom is 0.242 e. The molecule has 0 atom stereocenters. The Hall–Kier alpha value is -1.06. The highest BCUT2D eigenvalue weighted by molar-refractivity contribution is 5.85. The molecule has 0 radical (unpaired) electrons. The summed E-state index contributed by atoms with van der Waals surface area (Å²) in [5.74, 6) is -0.0887. The number of likely N-dealkylation sites (N-methyl/N-ethyl adjacent to an activating group) is 2. The first kappa shape index (κ1) is 13.9. The van der Waals surface area contributed by atoms with E-state index in [0.717, 1.165) is 0 Å². The van der Waals surface area contributed by atoms with Crippen LogP contribution in [-0.2, 0) is 9.59 Å². The van der Waals surface area contributed by atoms with E-state index in [9.17, 15) is 9.59 Å². The maximum absolute atomic E-state index is 11.7. The Kier molecular flexibility index (Phi) is 5.33. The molecule has 88 valence electrons. The Labute approximate surface area is 92.2 Å². The van der Waals surface area contributed by atoms with E-state index in [4.69, 9.17) is 0 Å². The summed E-state index contributed by atoms with van der Waals surface area (Å²) in [4.78, 5) is 26.3. The second-order valence-electron chi connectivity index (χ2n) is 4.45. The van der Waals surface area contributed by atoms with Crippen molar-refractivity contribution in [3.8, 4) is 0 Å². The molecule has 2 amide bonds. The van der Waals surface area contributed by atoms with Crippen molar-refractivity contribution in [3.63, 3.8) is 0 Å². The quantitative estimate of drug-likeness (QED) is 0.699. The molecule has 0 aliphatic rings. The molecule has 0 bridgehead atoms. The molecule has 0 aliphatic heterocycles. The summed E-state index contributed by atoms with van der Waals surface area (Å²) in [6.45, 7) is 7.71. The zero-order chi connectivity index (χ0) is 12.2. The van der Waals surface area contributed by atoms with E-state index in [1.807, 2.05) is 27.7 Å². The van der Waals surface area contributed by atoms with Crippen molar-refractivity contribution in [2.24, 2.45) is 5.92 Å². The highest BCUT2D eigenvalue weighted by Crippen LogP contribution is 2.01. The molecule has 15 heavy (non-hydrogen) atoms. The fraction of sp³-hybridized carbons (Fsp3) is 0.818. The van der Waals surface area contributed by atoms with Gasteiger partial charge in [-0.15, -0.1) is 0 Å². The molecule has 0 saturated carbocycles. The molecule has 0 heterocycles. The monoisotopic (exact) mass is 214 g/mol. The van der Waals surface area contributed by atoms with Gasteiger partial charge >= 0.3 is 0 Å². The van der Waals surface area contributed by atoms with Gasteiger partial charge in [-0.05, 0) is 13.8 Å². The van der Waals surface area contributed by atoms with E-state index in [2.05, 4.69) is 0 Å². The van der Waals surface area contributed by atoms with Crippen molar-refractivity contribution in [2.45, 2.75) is 33.7 Å². The Bertz CT molecular complexity index is 237. The minimum Gasteiger partial charge on any atom is -0.342 e. The summed E-state index contributed by atoms with van der Waals surface area (Å²) >= 11 is 0. The molecule has 0 N–H and O–H groups in total. The van der Waals surface area contributed by atoms with Crippen molar-refractivity contribution in [1.82, 2.24) is 9.80 Å². The zero-order valence-electron chi connectivity index (χ0n) is 10.6. The smallest absolute Gasteiger partial charge is 0.242 e. The van der Waals surface area contributed by atoms with E-state index in [-0.39, 0.29) is 30.3 Å². The van der Waals surface area contributed by atoms with Crippen molar-refractivity contribution < 1.29 is 9.59 Å². The predicted octanol–water partition coefficient (Wildman–Crippen LogP) is 0.968. The molecule has 4 nitrogen and oxygen atoms in total. The van der Waals surface area contributed by atoms with Gasteiger partial charge in [-0.25, -0.2) is 0 Å². The van der Waals surface area contributed by atoms with Crippen LogP contribution in [0.15, 0.2) is 0 Å². The fourth-order valence-corrected chi connectivity index (χ4v) is 1.12. The Balaban J connectivity index is 4.24. The summed E-state index contributed by atoms with van der Waals surface area (Å²) in [6.07, 6.45) is 0. The lowest BCUT2D eigenvalue weighted by Gasteiger charge is -2.25. The van der Waals surface area contributed by atoms with E-state index in [1.54, 1.807) is 19.0 Å². The molecule has 0 aromatic rings. The van der Waals surface area contributed by atoms with Gasteiger partial charge in [-0.2, -0.15) is 0 Å². The molecule has 4 heteroatoms. The molecule has 0 aromatic heterocycles. The van der Waals surface area contributed by atoms with Crippen molar-refractivity contribution in [2.75, 3.05) is 20.6 Å². The third-order valence-corrected chi connectivity index (χ3v) is 2.41. The average molecular weight is 214 g/mol. The third kappa shape index (κ3) is 4.32. The first-order chi connectivity index (χ1) is 6.77. The Morgan fingerprint density at radius 2 is 1.53 bits per heavy atom. The van der Waals surface area contributed by atoms with E-state index < -0.39 is 0 Å². The summed E-state index contributed by atoms with van der Waals surface area (Å²) in [5.41, 5.74) is 0. The van der Waals surface area contributed by atoms with E-state index in [1.165, 1.54) is 4.90 Å². The van der Waals surface area contributed by atoms with Gasteiger partial charge in [0.25, 0.3) is 0 Å². The summed E-state index contributed by atoms with van der Waals surface area (Å²) < 4.78 is 0. The van der Waals surface area contributed by atoms with Crippen molar-refractivity contribution in [1.29, 1.82) is 0 Å². The molecule has 0 rings (SSSR count).